The van der Waals surface area contributed by atoms with Gasteiger partial charge in [0, 0.05) is 31.0 Å². The number of sulfonamides is 1. The predicted molar refractivity (Wildman–Crippen MR) is 135 cm³/mol. The van der Waals surface area contributed by atoms with Crippen LogP contribution in [0.15, 0.2) is 64.6 Å². The van der Waals surface area contributed by atoms with E-state index in [0.29, 0.717) is 55.0 Å². The average molecular weight is 516 g/mol. The molecule has 1 aliphatic heterocycles. The number of aromatic amines is 1. The van der Waals surface area contributed by atoms with Gasteiger partial charge in [-0.25, -0.2) is 13.4 Å². The minimum absolute atomic E-state index is 0.128. The molecule has 9 nitrogen and oxygen atoms in total. The Morgan fingerprint density at radius 1 is 1.20 bits per heavy atom. The fourth-order valence-corrected chi connectivity index (χ4v) is 6.07. The van der Waals surface area contributed by atoms with Gasteiger partial charge < -0.3 is 10.1 Å². The summed E-state index contributed by atoms with van der Waals surface area (Å²) >= 11 is 1.45. The number of nitrogens with zero attached hydrogens (tertiary/aromatic N) is 3. The molecular weight excluding hydrogens is 486 g/mol. The molecule has 4 rings (SSSR count). The Bertz CT molecular complexity index is 1220. The number of carbonyl (C=O) groups is 1. The van der Waals surface area contributed by atoms with E-state index >= 15 is 0 Å². The first-order chi connectivity index (χ1) is 17.0. The Hall–Kier alpha value is -2.89. The fourth-order valence-electron chi connectivity index (χ4n) is 3.90. The second kappa shape index (κ2) is 11.7. The Morgan fingerprint density at radius 2 is 1.97 bits per heavy atom. The van der Waals surface area contributed by atoms with Gasteiger partial charge in [0.15, 0.2) is 5.82 Å². The average Bonchev–Trinajstić information content (AvgIpc) is 3.37. The highest BCUT2D eigenvalue weighted by Gasteiger charge is 2.33. The third-order valence-electron chi connectivity index (χ3n) is 5.67. The van der Waals surface area contributed by atoms with Gasteiger partial charge in [-0.2, -0.15) is 4.31 Å². The standard InChI is InChI=1S/C24H29N5O4S2/c1-2-33-20-10-12-21(13-11-20)35(31,32)29-15-6-9-19(17-29)23(30)25-14-16-34-24-26-22(27-28-24)18-7-4-3-5-8-18/h3-5,7-8,10-13,19H,2,6,9,14-17H2,1H3,(H,25,30)(H,26,27,28). The monoisotopic (exact) mass is 515 g/mol. The summed E-state index contributed by atoms with van der Waals surface area (Å²) < 4.78 is 33.0. The zero-order valence-corrected chi connectivity index (χ0v) is 21.1. The summed E-state index contributed by atoms with van der Waals surface area (Å²) in [7, 11) is -3.67. The Labute approximate surface area is 209 Å². The summed E-state index contributed by atoms with van der Waals surface area (Å²) in [6, 6.07) is 16.1. The van der Waals surface area contributed by atoms with E-state index in [9.17, 15) is 13.2 Å². The van der Waals surface area contributed by atoms with E-state index in [2.05, 4.69) is 20.5 Å². The van der Waals surface area contributed by atoms with E-state index < -0.39 is 10.0 Å². The number of hydrogen-bond donors (Lipinski definition) is 2. The molecule has 1 fully saturated rings. The minimum Gasteiger partial charge on any atom is -0.494 e. The normalized spacial score (nSPS) is 16.7. The second-order valence-corrected chi connectivity index (χ2v) is 11.1. The number of nitrogens with one attached hydrogen (secondary N) is 2. The number of aromatic nitrogens is 3. The van der Waals surface area contributed by atoms with Crippen LogP contribution in [0.25, 0.3) is 11.4 Å². The molecule has 35 heavy (non-hydrogen) atoms. The first-order valence-electron chi connectivity index (χ1n) is 11.6. The molecule has 0 aliphatic carbocycles. The highest BCUT2D eigenvalue weighted by Crippen LogP contribution is 2.25. The van der Waals surface area contributed by atoms with Crippen LogP contribution in [0.5, 0.6) is 5.75 Å². The van der Waals surface area contributed by atoms with Gasteiger partial charge in [0.1, 0.15) is 5.75 Å². The molecule has 1 aromatic heterocycles. The zero-order chi connectivity index (χ0) is 24.7. The minimum atomic E-state index is -3.67. The van der Waals surface area contributed by atoms with Crippen molar-refractivity contribution in [1.29, 1.82) is 0 Å². The topological polar surface area (TPSA) is 117 Å². The van der Waals surface area contributed by atoms with E-state index in [1.54, 1.807) is 24.3 Å². The molecule has 0 bridgehead atoms. The lowest BCUT2D eigenvalue weighted by Crippen LogP contribution is -2.45. The molecule has 1 saturated heterocycles. The summed E-state index contributed by atoms with van der Waals surface area (Å²) in [5.41, 5.74) is 0.960. The van der Waals surface area contributed by atoms with Crippen LogP contribution in [0.2, 0.25) is 0 Å². The number of benzene rings is 2. The first kappa shape index (κ1) is 25.2. The predicted octanol–water partition coefficient (Wildman–Crippen LogP) is 3.18. The van der Waals surface area contributed by atoms with E-state index in [-0.39, 0.29) is 23.3 Å². The maximum absolute atomic E-state index is 13.1. The molecule has 1 amide bonds. The largest absolute Gasteiger partial charge is 0.494 e. The van der Waals surface area contributed by atoms with Crippen molar-refractivity contribution in [3.63, 3.8) is 0 Å². The van der Waals surface area contributed by atoms with Crippen LogP contribution in [0.4, 0.5) is 0 Å². The molecule has 0 radical (unpaired) electrons. The molecule has 2 heterocycles. The van der Waals surface area contributed by atoms with Crippen molar-refractivity contribution >= 4 is 27.7 Å². The number of carbonyl (C=O) groups excluding carboxylic acids is 1. The number of ether oxygens (including phenoxy) is 1. The van der Waals surface area contributed by atoms with Crippen molar-refractivity contribution in [3.05, 3.63) is 54.6 Å². The van der Waals surface area contributed by atoms with Crippen molar-refractivity contribution < 1.29 is 17.9 Å². The molecule has 3 aromatic rings. The number of rotatable bonds is 10. The Balaban J connectivity index is 1.26. The molecule has 1 atom stereocenters. The quantitative estimate of drug-likeness (QED) is 0.315. The summed E-state index contributed by atoms with van der Waals surface area (Å²) in [6.07, 6.45) is 1.30. The third-order valence-corrected chi connectivity index (χ3v) is 8.40. The van der Waals surface area contributed by atoms with E-state index in [1.807, 2.05) is 37.3 Å². The van der Waals surface area contributed by atoms with Crippen LogP contribution < -0.4 is 10.1 Å². The lowest BCUT2D eigenvalue weighted by atomic mass is 9.99. The lowest BCUT2D eigenvalue weighted by molar-refractivity contribution is -0.125. The van der Waals surface area contributed by atoms with Gasteiger partial charge in [-0.1, -0.05) is 42.1 Å². The van der Waals surface area contributed by atoms with Crippen LogP contribution in [-0.4, -0.2) is 65.8 Å². The van der Waals surface area contributed by atoms with Crippen molar-refractivity contribution in [2.45, 2.75) is 29.8 Å². The summed E-state index contributed by atoms with van der Waals surface area (Å²) in [5.74, 6) is 1.44. The molecule has 0 spiro atoms. The van der Waals surface area contributed by atoms with E-state index in [0.717, 1.165) is 5.56 Å². The smallest absolute Gasteiger partial charge is 0.243 e. The maximum Gasteiger partial charge on any atom is 0.243 e. The molecular formula is C24H29N5O4S2. The number of thioether (sulfide) groups is 1. The zero-order valence-electron chi connectivity index (χ0n) is 19.5. The maximum atomic E-state index is 13.1. The summed E-state index contributed by atoms with van der Waals surface area (Å²) in [5, 5.41) is 10.7. The molecule has 2 aromatic carbocycles. The van der Waals surface area contributed by atoms with Crippen LogP contribution in [0.1, 0.15) is 19.8 Å². The first-order valence-corrected chi connectivity index (χ1v) is 14.0. The Kier molecular flexibility index (Phi) is 8.42. The van der Waals surface area contributed by atoms with Crippen LogP contribution in [-0.2, 0) is 14.8 Å². The number of amides is 1. The van der Waals surface area contributed by atoms with Crippen molar-refractivity contribution in [3.8, 4) is 17.1 Å². The van der Waals surface area contributed by atoms with Gasteiger partial charge in [-0.3, -0.25) is 9.89 Å². The number of hydrogen-bond acceptors (Lipinski definition) is 7. The van der Waals surface area contributed by atoms with Gasteiger partial charge in [-0.15, -0.1) is 5.10 Å². The summed E-state index contributed by atoms with van der Waals surface area (Å²) in [6.45, 7) is 3.42. The van der Waals surface area contributed by atoms with Crippen LogP contribution in [0.3, 0.4) is 0 Å². The van der Waals surface area contributed by atoms with E-state index in [4.69, 9.17) is 4.74 Å². The lowest BCUT2D eigenvalue weighted by Gasteiger charge is -2.31. The fraction of sp³-hybridized carbons (Fsp3) is 0.375. The molecule has 1 aliphatic rings. The second-order valence-electron chi connectivity index (χ2n) is 8.08. The number of H-pyrrole nitrogens is 1. The van der Waals surface area contributed by atoms with Gasteiger partial charge in [0.05, 0.1) is 17.4 Å². The highest BCUT2D eigenvalue weighted by atomic mass is 32.2. The molecule has 2 N–H and O–H groups in total. The van der Waals surface area contributed by atoms with E-state index in [1.165, 1.54) is 16.1 Å². The highest BCUT2D eigenvalue weighted by molar-refractivity contribution is 7.99. The third kappa shape index (κ3) is 6.41. The molecule has 186 valence electrons. The molecule has 0 saturated carbocycles. The van der Waals surface area contributed by atoms with Gasteiger partial charge >= 0.3 is 0 Å². The van der Waals surface area contributed by atoms with Gasteiger partial charge in [0.2, 0.25) is 21.1 Å². The SMILES string of the molecule is CCOc1ccc(S(=O)(=O)N2CCCC(C(=O)NCCSc3n[nH]c(-c4ccccc4)n3)C2)cc1. The van der Waals surface area contributed by atoms with Crippen molar-refractivity contribution in [1.82, 2.24) is 24.8 Å². The van der Waals surface area contributed by atoms with Crippen molar-refractivity contribution in [2.24, 2.45) is 5.92 Å². The van der Waals surface area contributed by atoms with Crippen LogP contribution in [0, 0.1) is 5.92 Å². The molecule has 1 unspecified atom stereocenters. The molecule has 11 heteroatoms. The summed E-state index contributed by atoms with van der Waals surface area (Å²) in [4.78, 5) is 17.4. The van der Waals surface area contributed by atoms with Crippen molar-refractivity contribution in [2.75, 3.05) is 32.0 Å². The Morgan fingerprint density at radius 3 is 2.71 bits per heavy atom. The van der Waals surface area contributed by atoms with Gasteiger partial charge in [0.25, 0.3) is 0 Å². The number of piperidine rings is 1. The van der Waals surface area contributed by atoms with Gasteiger partial charge in [-0.05, 0) is 44.0 Å². The van der Waals surface area contributed by atoms with Crippen LogP contribution >= 0.6 is 11.8 Å².